The largest absolute Gasteiger partial charge is 0.490 e. The predicted molar refractivity (Wildman–Crippen MR) is 84.0 cm³/mol. The lowest BCUT2D eigenvalue weighted by atomic mass is 10.2. The molecule has 0 aromatic heterocycles. The van der Waals surface area contributed by atoms with Gasteiger partial charge in [0.2, 0.25) is 0 Å². The third-order valence-electron chi connectivity index (χ3n) is 2.69. The van der Waals surface area contributed by atoms with Crippen LogP contribution in [0.2, 0.25) is 0 Å². The Morgan fingerprint density at radius 2 is 1.95 bits per heavy atom. The van der Waals surface area contributed by atoms with Gasteiger partial charge in [-0.1, -0.05) is 22.9 Å². The molecule has 0 aliphatic rings. The van der Waals surface area contributed by atoms with Crippen molar-refractivity contribution in [1.82, 2.24) is 0 Å². The first kappa shape index (κ1) is 14.7. The number of benzene rings is 2. The molecule has 0 atom stereocenters. The number of nitrogen functional groups attached to an aromatic ring is 1. The summed E-state index contributed by atoms with van der Waals surface area (Å²) in [7, 11) is 0. The van der Waals surface area contributed by atoms with Crippen LogP contribution in [0.3, 0.4) is 0 Å². The molecule has 0 amide bonds. The molecule has 3 N–H and O–H groups in total. The van der Waals surface area contributed by atoms with Crippen LogP contribution in [-0.2, 0) is 0 Å². The Labute approximate surface area is 126 Å². The van der Waals surface area contributed by atoms with Gasteiger partial charge in [-0.25, -0.2) is 4.39 Å². The molecule has 2 rings (SSSR count). The van der Waals surface area contributed by atoms with Crippen LogP contribution in [0.1, 0.15) is 13.3 Å². The summed E-state index contributed by atoms with van der Waals surface area (Å²) >= 11 is 3.37. The molecule has 2 aromatic rings. The van der Waals surface area contributed by atoms with Crippen LogP contribution in [0.5, 0.6) is 5.75 Å². The van der Waals surface area contributed by atoms with Gasteiger partial charge in [-0.2, -0.15) is 0 Å². The van der Waals surface area contributed by atoms with Gasteiger partial charge in [0, 0.05) is 22.3 Å². The fourth-order valence-corrected chi connectivity index (χ4v) is 1.95. The first-order valence-corrected chi connectivity index (χ1v) is 7.14. The molecule has 0 saturated carbocycles. The van der Waals surface area contributed by atoms with Crippen molar-refractivity contribution in [2.24, 2.45) is 0 Å². The van der Waals surface area contributed by atoms with Crippen molar-refractivity contribution < 1.29 is 9.13 Å². The van der Waals surface area contributed by atoms with E-state index in [1.165, 1.54) is 6.07 Å². The number of rotatable bonds is 5. The summed E-state index contributed by atoms with van der Waals surface area (Å²) in [5.74, 6) is -0.238. The van der Waals surface area contributed by atoms with Crippen molar-refractivity contribution in [3.8, 4) is 5.75 Å². The van der Waals surface area contributed by atoms with E-state index in [0.29, 0.717) is 18.0 Å². The summed E-state index contributed by atoms with van der Waals surface area (Å²) in [6.45, 7) is 2.44. The Balaban J connectivity index is 2.24. The Hall–Kier alpha value is -1.75. The van der Waals surface area contributed by atoms with Crippen LogP contribution in [-0.4, -0.2) is 6.61 Å². The smallest absolute Gasteiger partial charge is 0.167 e. The van der Waals surface area contributed by atoms with Crippen LogP contribution >= 0.6 is 15.9 Å². The molecule has 0 spiro atoms. The average Bonchev–Trinajstić information content (AvgIpc) is 2.43. The van der Waals surface area contributed by atoms with Crippen LogP contribution in [0.15, 0.2) is 40.9 Å². The van der Waals surface area contributed by atoms with Gasteiger partial charge in [0.1, 0.15) is 0 Å². The van der Waals surface area contributed by atoms with E-state index < -0.39 is 5.82 Å². The summed E-state index contributed by atoms with van der Waals surface area (Å²) in [5.41, 5.74) is 7.66. The molecule has 0 radical (unpaired) electrons. The number of halogens is 2. The van der Waals surface area contributed by atoms with E-state index in [1.54, 1.807) is 6.07 Å². The second-order valence-corrected chi connectivity index (χ2v) is 5.27. The van der Waals surface area contributed by atoms with Gasteiger partial charge in [0.15, 0.2) is 11.6 Å². The molecule has 0 aliphatic carbocycles. The Bertz CT molecular complexity index is 587. The maximum atomic E-state index is 13.7. The standard InChI is InChI=1S/C15H16BrFN2O/c1-2-7-20-15-9-14(13(18)8-12(15)17)19-11-5-3-10(16)4-6-11/h3-6,8-9,19H,2,7,18H2,1H3. The molecule has 2 aromatic carbocycles. The van der Waals surface area contributed by atoms with E-state index in [0.717, 1.165) is 16.6 Å². The minimum absolute atomic E-state index is 0.209. The summed E-state index contributed by atoms with van der Waals surface area (Å²) in [6, 6.07) is 10.5. The number of nitrogens with one attached hydrogen (secondary N) is 1. The normalized spacial score (nSPS) is 10.3. The highest BCUT2D eigenvalue weighted by molar-refractivity contribution is 9.10. The summed E-state index contributed by atoms with van der Waals surface area (Å²) in [6.07, 6.45) is 0.819. The molecule has 20 heavy (non-hydrogen) atoms. The molecule has 0 unspecified atom stereocenters. The highest BCUT2D eigenvalue weighted by atomic mass is 79.9. The first-order chi connectivity index (χ1) is 9.60. The van der Waals surface area contributed by atoms with Gasteiger partial charge in [0.05, 0.1) is 18.0 Å². The monoisotopic (exact) mass is 338 g/mol. The van der Waals surface area contributed by atoms with Crippen molar-refractivity contribution in [2.45, 2.75) is 13.3 Å². The zero-order valence-electron chi connectivity index (χ0n) is 11.1. The molecule has 0 bridgehead atoms. The minimum atomic E-state index is -0.447. The number of hydrogen-bond acceptors (Lipinski definition) is 3. The number of hydrogen-bond donors (Lipinski definition) is 2. The summed E-state index contributed by atoms with van der Waals surface area (Å²) in [5, 5.41) is 3.15. The number of ether oxygens (including phenoxy) is 1. The van der Waals surface area contributed by atoms with Crippen molar-refractivity contribution >= 4 is 33.0 Å². The van der Waals surface area contributed by atoms with Gasteiger partial charge >= 0.3 is 0 Å². The lowest BCUT2D eigenvalue weighted by Gasteiger charge is -2.13. The maximum Gasteiger partial charge on any atom is 0.167 e. The fourth-order valence-electron chi connectivity index (χ4n) is 1.69. The van der Waals surface area contributed by atoms with Gasteiger partial charge in [0.25, 0.3) is 0 Å². The Morgan fingerprint density at radius 1 is 1.25 bits per heavy atom. The summed E-state index contributed by atoms with van der Waals surface area (Å²) in [4.78, 5) is 0. The molecule has 3 nitrogen and oxygen atoms in total. The molecule has 0 fully saturated rings. The minimum Gasteiger partial charge on any atom is -0.490 e. The van der Waals surface area contributed by atoms with E-state index in [-0.39, 0.29) is 5.75 Å². The quantitative estimate of drug-likeness (QED) is 0.776. The van der Waals surface area contributed by atoms with Gasteiger partial charge < -0.3 is 15.8 Å². The van der Waals surface area contributed by atoms with Crippen LogP contribution in [0.4, 0.5) is 21.5 Å². The van der Waals surface area contributed by atoms with E-state index in [9.17, 15) is 4.39 Å². The highest BCUT2D eigenvalue weighted by Crippen LogP contribution is 2.31. The third kappa shape index (κ3) is 3.63. The molecular formula is C15H16BrFN2O. The van der Waals surface area contributed by atoms with E-state index >= 15 is 0 Å². The van der Waals surface area contributed by atoms with Crippen LogP contribution < -0.4 is 15.8 Å². The fraction of sp³-hybridized carbons (Fsp3) is 0.200. The first-order valence-electron chi connectivity index (χ1n) is 6.34. The van der Waals surface area contributed by atoms with Gasteiger partial charge in [-0.3, -0.25) is 0 Å². The molecule has 106 valence electrons. The van der Waals surface area contributed by atoms with Crippen molar-refractivity contribution in [2.75, 3.05) is 17.7 Å². The molecule has 5 heteroatoms. The van der Waals surface area contributed by atoms with Crippen molar-refractivity contribution in [3.05, 3.63) is 46.7 Å². The Kier molecular flexibility index (Phi) is 4.84. The summed E-state index contributed by atoms with van der Waals surface area (Å²) < 4.78 is 20.1. The zero-order chi connectivity index (χ0) is 14.5. The number of anilines is 3. The molecule has 0 saturated heterocycles. The lowest BCUT2D eigenvalue weighted by molar-refractivity contribution is 0.301. The van der Waals surface area contributed by atoms with E-state index in [4.69, 9.17) is 10.5 Å². The SMILES string of the molecule is CCCOc1cc(Nc2ccc(Br)cc2)c(N)cc1F. The molecular weight excluding hydrogens is 323 g/mol. The maximum absolute atomic E-state index is 13.7. The second-order valence-electron chi connectivity index (χ2n) is 4.35. The van der Waals surface area contributed by atoms with Crippen molar-refractivity contribution in [1.29, 1.82) is 0 Å². The highest BCUT2D eigenvalue weighted by Gasteiger charge is 2.09. The van der Waals surface area contributed by atoms with Gasteiger partial charge in [-0.05, 0) is 30.7 Å². The van der Waals surface area contributed by atoms with Crippen LogP contribution in [0, 0.1) is 5.82 Å². The predicted octanol–water partition coefficient (Wildman–Crippen LogP) is 4.70. The average molecular weight is 339 g/mol. The van der Waals surface area contributed by atoms with Crippen LogP contribution in [0.25, 0.3) is 0 Å². The van der Waals surface area contributed by atoms with Crippen molar-refractivity contribution in [3.63, 3.8) is 0 Å². The topological polar surface area (TPSA) is 47.3 Å². The zero-order valence-corrected chi connectivity index (χ0v) is 12.7. The van der Waals surface area contributed by atoms with E-state index in [1.807, 2.05) is 31.2 Å². The molecule has 0 heterocycles. The number of nitrogens with two attached hydrogens (primary N) is 1. The molecule has 0 aliphatic heterocycles. The third-order valence-corrected chi connectivity index (χ3v) is 3.22. The van der Waals surface area contributed by atoms with E-state index in [2.05, 4.69) is 21.2 Å². The second kappa shape index (κ2) is 6.61. The Morgan fingerprint density at radius 3 is 2.60 bits per heavy atom. The van der Waals surface area contributed by atoms with Gasteiger partial charge in [-0.15, -0.1) is 0 Å². The lowest BCUT2D eigenvalue weighted by Crippen LogP contribution is -2.02.